The van der Waals surface area contributed by atoms with Gasteiger partial charge in [0.1, 0.15) is 11.9 Å². The quantitative estimate of drug-likeness (QED) is 0.0386. The monoisotopic (exact) mass is 819 g/mol. The molecule has 60 heavy (non-hydrogen) atoms. The SMILES string of the molecule is CCCCCCCCCC[C@@H](OCc1ccccc1)[C@H](OCc1ccc(OC)cc1)[C@@H]1C/C=C\CC[C@H]([C@@H](CCCCCOCc2ccccc2)OCc2ccccc2)O1. The summed E-state index contributed by atoms with van der Waals surface area (Å²) in [5.41, 5.74) is 4.67. The Hall–Kier alpha value is -3.78. The van der Waals surface area contributed by atoms with Crippen molar-refractivity contribution in [1.82, 2.24) is 0 Å². The lowest BCUT2D eigenvalue weighted by Crippen LogP contribution is -2.46. The second kappa shape index (κ2) is 29.5. The average molecular weight is 819 g/mol. The van der Waals surface area contributed by atoms with Gasteiger partial charge in [0.2, 0.25) is 0 Å². The third-order valence-corrected chi connectivity index (χ3v) is 11.6. The highest BCUT2D eigenvalue weighted by Crippen LogP contribution is 2.30. The topological polar surface area (TPSA) is 55.4 Å². The Labute approximate surface area is 363 Å². The van der Waals surface area contributed by atoms with Crippen LogP contribution in [0.2, 0.25) is 0 Å². The van der Waals surface area contributed by atoms with E-state index >= 15 is 0 Å². The summed E-state index contributed by atoms with van der Waals surface area (Å²) in [7, 11) is 1.70. The molecule has 1 heterocycles. The Balaban J connectivity index is 1.31. The molecule has 0 bridgehead atoms. The van der Waals surface area contributed by atoms with Crippen molar-refractivity contribution in [1.29, 1.82) is 0 Å². The molecule has 6 nitrogen and oxygen atoms in total. The molecule has 4 aromatic rings. The van der Waals surface area contributed by atoms with E-state index in [0.29, 0.717) is 26.4 Å². The molecule has 4 aromatic carbocycles. The van der Waals surface area contributed by atoms with Crippen LogP contribution in [0.1, 0.15) is 132 Å². The molecule has 0 saturated heterocycles. The number of benzene rings is 4. The third-order valence-electron chi connectivity index (χ3n) is 11.6. The molecule has 0 aromatic heterocycles. The minimum absolute atomic E-state index is 0.0527. The van der Waals surface area contributed by atoms with Gasteiger partial charge in [0.05, 0.1) is 58.0 Å². The molecule has 5 rings (SSSR count). The van der Waals surface area contributed by atoms with E-state index in [1.807, 2.05) is 18.2 Å². The summed E-state index contributed by atoms with van der Waals surface area (Å²) in [6.07, 6.45) is 21.6. The Kier molecular flexibility index (Phi) is 23.2. The first-order chi connectivity index (χ1) is 29.7. The highest BCUT2D eigenvalue weighted by atomic mass is 16.6. The lowest BCUT2D eigenvalue weighted by molar-refractivity contribution is -0.185. The standard InChI is InChI=1S/C54H74O6/c1-3-4-5-6-7-8-9-21-34-52(58-43-47-30-19-12-20-31-47)54(59-44-48-36-38-49(55-2)39-37-48)53-35-23-13-22-33-51(60-53)50(57-42-46-28-17-11-18-29-46)32-24-14-25-40-56-41-45-26-15-10-16-27-45/h10-13,15-20,23,26-31,36-39,50-54H,3-9,14,21-22,24-25,32-35,40-44H2,1-2H3/b23-13-/t50-,51-,52-,53+,54+/m1/s1. The van der Waals surface area contributed by atoms with Gasteiger partial charge in [-0.1, -0.05) is 186 Å². The molecular weight excluding hydrogens is 745 g/mol. The maximum absolute atomic E-state index is 7.36. The molecule has 1 aliphatic rings. The smallest absolute Gasteiger partial charge is 0.118 e. The van der Waals surface area contributed by atoms with Crippen molar-refractivity contribution in [2.45, 2.75) is 167 Å². The predicted octanol–water partition coefficient (Wildman–Crippen LogP) is 13.6. The Bertz CT molecular complexity index is 1650. The fraction of sp³-hybridized carbons (Fsp3) is 0.519. The van der Waals surface area contributed by atoms with E-state index in [1.165, 1.54) is 61.6 Å². The lowest BCUT2D eigenvalue weighted by atomic mass is 9.95. The van der Waals surface area contributed by atoms with Gasteiger partial charge >= 0.3 is 0 Å². The van der Waals surface area contributed by atoms with Gasteiger partial charge in [-0.25, -0.2) is 0 Å². The summed E-state index contributed by atoms with van der Waals surface area (Å²) < 4.78 is 39.7. The van der Waals surface area contributed by atoms with E-state index < -0.39 is 0 Å². The van der Waals surface area contributed by atoms with Gasteiger partial charge in [0.25, 0.3) is 0 Å². The molecule has 0 spiro atoms. The molecule has 1 aliphatic heterocycles. The van der Waals surface area contributed by atoms with E-state index in [0.717, 1.165) is 75.7 Å². The van der Waals surface area contributed by atoms with Crippen molar-refractivity contribution in [3.05, 3.63) is 150 Å². The molecule has 6 heteroatoms. The van der Waals surface area contributed by atoms with Crippen LogP contribution in [0.25, 0.3) is 0 Å². The van der Waals surface area contributed by atoms with Gasteiger partial charge in [-0.15, -0.1) is 0 Å². The van der Waals surface area contributed by atoms with Crippen molar-refractivity contribution in [3.8, 4) is 5.75 Å². The molecule has 0 aliphatic carbocycles. The number of ether oxygens (including phenoxy) is 6. The van der Waals surface area contributed by atoms with Gasteiger partial charge in [-0.2, -0.15) is 0 Å². The normalized spacial score (nSPS) is 17.6. The summed E-state index contributed by atoms with van der Waals surface area (Å²) in [6.45, 7) is 5.26. The summed E-state index contributed by atoms with van der Waals surface area (Å²) >= 11 is 0. The predicted molar refractivity (Wildman–Crippen MR) is 245 cm³/mol. The summed E-state index contributed by atoms with van der Waals surface area (Å²) in [5, 5.41) is 0. The van der Waals surface area contributed by atoms with Crippen molar-refractivity contribution < 1.29 is 28.4 Å². The molecule has 0 amide bonds. The summed E-state index contributed by atoms with van der Waals surface area (Å²) in [6, 6.07) is 39.7. The maximum atomic E-state index is 7.36. The van der Waals surface area contributed by atoms with Crippen LogP contribution in [0.3, 0.4) is 0 Å². The molecule has 326 valence electrons. The van der Waals surface area contributed by atoms with E-state index in [9.17, 15) is 0 Å². The summed E-state index contributed by atoms with van der Waals surface area (Å²) in [4.78, 5) is 0. The van der Waals surface area contributed by atoms with E-state index in [1.54, 1.807) is 7.11 Å². The Morgan fingerprint density at radius 1 is 0.533 bits per heavy atom. The first-order valence-electron chi connectivity index (χ1n) is 23.2. The van der Waals surface area contributed by atoms with Crippen LogP contribution in [0, 0.1) is 0 Å². The fourth-order valence-corrected chi connectivity index (χ4v) is 8.05. The highest BCUT2D eigenvalue weighted by Gasteiger charge is 2.36. The maximum Gasteiger partial charge on any atom is 0.118 e. The molecule has 0 fully saturated rings. The van der Waals surface area contributed by atoms with Gasteiger partial charge in [0, 0.05) is 6.61 Å². The third kappa shape index (κ3) is 18.5. The van der Waals surface area contributed by atoms with Gasteiger partial charge in [-0.05, 0) is 72.9 Å². The average Bonchev–Trinajstić information content (AvgIpc) is 3.28. The number of hydrogen-bond donors (Lipinski definition) is 0. The van der Waals surface area contributed by atoms with E-state index in [4.69, 9.17) is 28.4 Å². The van der Waals surface area contributed by atoms with Crippen LogP contribution < -0.4 is 4.74 Å². The zero-order chi connectivity index (χ0) is 41.7. The minimum Gasteiger partial charge on any atom is -0.497 e. The van der Waals surface area contributed by atoms with Crippen molar-refractivity contribution >= 4 is 0 Å². The van der Waals surface area contributed by atoms with Crippen LogP contribution in [0.4, 0.5) is 0 Å². The van der Waals surface area contributed by atoms with Crippen LogP contribution in [0.5, 0.6) is 5.75 Å². The number of hydrogen-bond acceptors (Lipinski definition) is 6. The second-order valence-corrected chi connectivity index (χ2v) is 16.4. The minimum atomic E-state index is -0.276. The number of rotatable bonds is 30. The van der Waals surface area contributed by atoms with Crippen LogP contribution in [-0.2, 0) is 50.1 Å². The molecule has 0 radical (unpaired) electrons. The fourth-order valence-electron chi connectivity index (χ4n) is 8.05. The molecule has 0 N–H and O–H groups in total. The highest BCUT2D eigenvalue weighted by molar-refractivity contribution is 5.26. The largest absolute Gasteiger partial charge is 0.497 e. The second-order valence-electron chi connectivity index (χ2n) is 16.4. The lowest BCUT2D eigenvalue weighted by Gasteiger charge is -2.38. The first kappa shape index (κ1) is 47.3. The zero-order valence-corrected chi connectivity index (χ0v) is 36.8. The molecular formula is C54H74O6. The van der Waals surface area contributed by atoms with E-state index in [2.05, 4.69) is 116 Å². The van der Waals surface area contributed by atoms with Gasteiger partial charge in [0.15, 0.2) is 0 Å². The Morgan fingerprint density at radius 2 is 1.08 bits per heavy atom. The van der Waals surface area contributed by atoms with Crippen LogP contribution in [0.15, 0.2) is 127 Å². The molecule has 5 atom stereocenters. The Morgan fingerprint density at radius 3 is 1.73 bits per heavy atom. The molecule has 0 unspecified atom stereocenters. The zero-order valence-electron chi connectivity index (χ0n) is 36.8. The molecule has 0 saturated carbocycles. The van der Waals surface area contributed by atoms with Crippen molar-refractivity contribution in [3.63, 3.8) is 0 Å². The van der Waals surface area contributed by atoms with Gasteiger partial charge < -0.3 is 28.4 Å². The van der Waals surface area contributed by atoms with Crippen LogP contribution in [-0.4, -0.2) is 44.2 Å². The van der Waals surface area contributed by atoms with Crippen molar-refractivity contribution in [2.24, 2.45) is 0 Å². The number of unbranched alkanes of at least 4 members (excludes halogenated alkanes) is 9. The van der Waals surface area contributed by atoms with Crippen molar-refractivity contribution in [2.75, 3.05) is 13.7 Å². The number of methoxy groups -OCH3 is 1. The number of allylic oxidation sites excluding steroid dienone is 1. The van der Waals surface area contributed by atoms with Gasteiger partial charge in [-0.3, -0.25) is 0 Å². The van der Waals surface area contributed by atoms with E-state index in [-0.39, 0.29) is 30.5 Å². The first-order valence-corrected chi connectivity index (χ1v) is 23.2. The summed E-state index contributed by atoms with van der Waals surface area (Å²) in [5.74, 6) is 0.839. The van der Waals surface area contributed by atoms with Crippen LogP contribution >= 0.6 is 0 Å².